The summed E-state index contributed by atoms with van der Waals surface area (Å²) in [6.07, 6.45) is 12.2. The van der Waals surface area contributed by atoms with E-state index in [-0.39, 0.29) is 0 Å². The van der Waals surface area contributed by atoms with Crippen LogP contribution in [0, 0.1) is 17.8 Å². The van der Waals surface area contributed by atoms with E-state index in [1.54, 1.807) is 19.3 Å². The van der Waals surface area contributed by atoms with Gasteiger partial charge in [-0.1, -0.05) is 51.9 Å². The maximum atomic E-state index is 2.49. The van der Waals surface area contributed by atoms with Crippen LogP contribution in [0.1, 0.15) is 58.3 Å². The second-order valence-electron chi connectivity index (χ2n) is 4.97. The predicted octanol–water partition coefficient (Wildman–Crippen LogP) is 4.00. The Morgan fingerprint density at radius 2 is 1.50 bits per heavy atom. The summed E-state index contributed by atoms with van der Waals surface area (Å²) in [5.41, 5.74) is 0. The van der Waals surface area contributed by atoms with E-state index in [1.807, 2.05) is 0 Å². The van der Waals surface area contributed by atoms with Gasteiger partial charge in [-0.2, -0.15) is 0 Å². The summed E-state index contributed by atoms with van der Waals surface area (Å²) >= 11 is 0. The summed E-state index contributed by atoms with van der Waals surface area (Å²) in [5.74, 6) is 3.28. The zero-order valence-electron chi connectivity index (χ0n) is 8.39. The van der Waals surface area contributed by atoms with Crippen molar-refractivity contribution in [2.24, 2.45) is 17.8 Å². The first kappa shape index (κ1) is 8.59. The van der Waals surface area contributed by atoms with Crippen LogP contribution in [-0.4, -0.2) is 0 Å². The Labute approximate surface area is 76.7 Å². The number of hydrogen-bond acceptors (Lipinski definition) is 0. The van der Waals surface area contributed by atoms with Crippen LogP contribution >= 0.6 is 0 Å². The molecule has 0 amide bonds. The molecule has 2 aliphatic rings. The molecule has 0 radical (unpaired) electrons. The average molecular weight is 166 g/mol. The van der Waals surface area contributed by atoms with Crippen molar-refractivity contribution in [3.8, 4) is 0 Å². The minimum atomic E-state index is 1.04. The fraction of sp³-hybridized carbons (Fsp3) is 1.00. The van der Waals surface area contributed by atoms with Gasteiger partial charge in [-0.15, -0.1) is 0 Å². The molecule has 0 aliphatic heterocycles. The maximum absolute atomic E-state index is 2.49. The lowest BCUT2D eigenvalue weighted by Gasteiger charge is -2.35. The Hall–Kier alpha value is 0. The van der Waals surface area contributed by atoms with Crippen LogP contribution in [0.5, 0.6) is 0 Å². The Morgan fingerprint density at radius 1 is 0.750 bits per heavy atom. The smallest absolute Gasteiger partial charge is 0.0360 e. The van der Waals surface area contributed by atoms with Gasteiger partial charge in [-0.25, -0.2) is 0 Å². The molecule has 0 heterocycles. The van der Waals surface area contributed by atoms with Crippen molar-refractivity contribution < 1.29 is 0 Å². The molecule has 0 saturated heterocycles. The molecule has 0 N–H and O–H groups in total. The first-order valence-corrected chi connectivity index (χ1v) is 5.88. The third-order valence-electron chi connectivity index (χ3n) is 4.18. The van der Waals surface area contributed by atoms with Crippen molar-refractivity contribution in [3.05, 3.63) is 0 Å². The molecular formula is C12H22. The van der Waals surface area contributed by atoms with E-state index in [4.69, 9.17) is 0 Å². The van der Waals surface area contributed by atoms with Crippen LogP contribution in [-0.2, 0) is 0 Å². The molecule has 0 heteroatoms. The normalized spacial score (nSPS) is 43.2. The summed E-state index contributed by atoms with van der Waals surface area (Å²) in [4.78, 5) is 0. The molecule has 2 rings (SSSR count). The SMILES string of the molecule is C[C@H]1CCCC2CCCCCC21. The molecule has 2 saturated carbocycles. The number of fused-ring (bicyclic) bond motifs is 1. The van der Waals surface area contributed by atoms with E-state index in [0.717, 1.165) is 17.8 Å². The molecule has 0 aromatic heterocycles. The van der Waals surface area contributed by atoms with Crippen molar-refractivity contribution >= 4 is 0 Å². The van der Waals surface area contributed by atoms with Crippen molar-refractivity contribution in [3.63, 3.8) is 0 Å². The van der Waals surface area contributed by atoms with Crippen molar-refractivity contribution in [1.29, 1.82) is 0 Å². The first-order valence-electron chi connectivity index (χ1n) is 5.88. The summed E-state index contributed by atoms with van der Waals surface area (Å²) in [7, 11) is 0. The van der Waals surface area contributed by atoms with Crippen LogP contribution in [0.15, 0.2) is 0 Å². The zero-order chi connectivity index (χ0) is 8.39. The standard InChI is InChI=1S/C12H22/c1-10-6-5-8-11-7-3-2-4-9-12(10)11/h10-12H,2-9H2,1H3/t10-,11?,12?/m0/s1. The maximum Gasteiger partial charge on any atom is -0.0360 e. The topological polar surface area (TPSA) is 0 Å². The van der Waals surface area contributed by atoms with Crippen molar-refractivity contribution in [1.82, 2.24) is 0 Å². The molecule has 2 aliphatic carbocycles. The lowest BCUT2D eigenvalue weighted by atomic mass is 9.71. The van der Waals surface area contributed by atoms with Gasteiger partial charge in [0.25, 0.3) is 0 Å². The highest BCUT2D eigenvalue weighted by Crippen LogP contribution is 2.42. The molecule has 2 unspecified atom stereocenters. The van der Waals surface area contributed by atoms with Gasteiger partial charge in [-0.05, 0) is 24.2 Å². The third kappa shape index (κ3) is 1.67. The van der Waals surface area contributed by atoms with Crippen molar-refractivity contribution in [2.75, 3.05) is 0 Å². The van der Waals surface area contributed by atoms with Gasteiger partial charge in [-0.3, -0.25) is 0 Å². The fourth-order valence-corrected chi connectivity index (χ4v) is 3.44. The minimum Gasteiger partial charge on any atom is -0.0622 e. The van der Waals surface area contributed by atoms with E-state index in [9.17, 15) is 0 Å². The zero-order valence-corrected chi connectivity index (χ0v) is 8.39. The van der Waals surface area contributed by atoms with Gasteiger partial charge in [0.05, 0.1) is 0 Å². The molecule has 0 aromatic carbocycles. The van der Waals surface area contributed by atoms with Crippen LogP contribution in [0.4, 0.5) is 0 Å². The molecule has 2 fully saturated rings. The van der Waals surface area contributed by atoms with Gasteiger partial charge < -0.3 is 0 Å². The first-order chi connectivity index (χ1) is 5.88. The Balaban J connectivity index is 2.00. The average Bonchev–Trinajstić information content (AvgIpc) is 2.30. The molecule has 3 atom stereocenters. The van der Waals surface area contributed by atoms with Crippen LogP contribution in [0.2, 0.25) is 0 Å². The summed E-state index contributed by atoms with van der Waals surface area (Å²) < 4.78 is 0. The van der Waals surface area contributed by atoms with Gasteiger partial charge >= 0.3 is 0 Å². The Morgan fingerprint density at radius 3 is 2.42 bits per heavy atom. The van der Waals surface area contributed by atoms with E-state index in [1.165, 1.54) is 32.1 Å². The van der Waals surface area contributed by atoms with E-state index in [0.29, 0.717) is 0 Å². The van der Waals surface area contributed by atoms with Crippen LogP contribution in [0.3, 0.4) is 0 Å². The number of hydrogen-bond donors (Lipinski definition) is 0. The van der Waals surface area contributed by atoms with Gasteiger partial charge in [0, 0.05) is 0 Å². The monoisotopic (exact) mass is 166 g/mol. The highest BCUT2D eigenvalue weighted by molar-refractivity contribution is 4.81. The molecule has 0 nitrogen and oxygen atoms in total. The molecule has 0 spiro atoms. The van der Waals surface area contributed by atoms with Crippen LogP contribution in [0.25, 0.3) is 0 Å². The lowest BCUT2D eigenvalue weighted by molar-refractivity contribution is 0.155. The largest absolute Gasteiger partial charge is 0.0622 e. The minimum absolute atomic E-state index is 1.04. The quantitative estimate of drug-likeness (QED) is 0.510. The third-order valence-corrected chi connectivity index (χ3v) is 4.18. The Kier molecular flexibility index (Phi) is 2.73. The molecular weight excluding hydrogens is 144 g/mol. The predicted molar refractivity (Wildman–Crippen MR) is 53.1 cm³/mol. The lowest BCUT2D eigenvalue weighted by Crippen LogP contribution is -2.25. The van der Waals surface area contributed by atoms with Crippen molar-refractivity contribution in [2.45, 2.75) is 58.3 Å². The Bertz CT molecular complexity index is 139. The fourth-order valence-electron chi connectivity index (χ4n) is 3.44. The van der Waals surface area contributed by atoms with E-state index >= 15 is 0 Å². The van der Waals surface area contributed by atoms with Crippen LogP contribution < -0.4 is 0 Å². The number of rotatable bonds is 0. The molecule has 0 bridgehead atoms. The molecule has 12 heavy (non-hydrogen) atoms. The molecule has 70 valence electrons. The summed E-state index contributed by atoms with van der Waals surface area (Å²) in [5, 5.41) is 0. The van der Waals surface area contributed by atoms with Gasteiger partial charge in [0.15, 0.2) is 0 Å². The van der Waals surface area contributed by atoms with E-state index < -0.39 is 0 Å². The summed E-state index contributed by atoms with van der Waals surface area (Å²) in [6.45, 7) is 2.49. The van der Waals surface area contributed by atoms with E-state index in [2.05, 4.69) is 6.92 Å². The highest BCUT2D eigenvalue weighted by atomic mass is 14.4. The highest BCUT2D eigenvalue weighted by Gasteiger charge is 2.30. The van der Waals surface area contributed by atoms with Gasteiger partial charge in [0.1, 0.15) is 0 Å². The second-order valence-corrected chi connectivity index (χ2v) is 4.97. The summed E-state index contributed by atoms with van der Waals surface area (Å²) in [6, 6.07) is 0. The second kappa shape index (κ2) is 3.81. The van der Waals surface area contributed by atoms with Gasteiger partial charge in [0.2, 0.25) is 0 Å². The molecule has 0 aromatic rings.